The van der Waals surface area contributed by atoms with Gasteiger partial charge in [-0.15, -0.1) is 0 Å². The molecule has 0 bridgehead atoms. The third-order valence-electron chi connectivity index (χ3n) is 2.47. The minimum Gasteiger partial charge on any atom is -0.411 e. The maximum Gasteiger partial charge on any atom is 0.184 e. The van der Waals surface area contributed by atoms with E-state index in [9.17, 15) is 0 Å². The molecule has 13 heavy (non-hydrogen) atoms. The van der Waals surface area contributed by atoms with Crippen LogP contribution in [0.15, 0.2) is 0 Å². The van der Waals surface area contributed by atoms with Gasteiger partial charge >= 0.3 is 0 Å². The van der Waals surface area contributed by atoms with Crippen molar-refractivity contribution in [2.45, 2.75) is 58.0 Å². The fraction of sp³-hybridized carbons (Fsp3) is 1.00. The quantitative estimate of drug-likeness (QED) is 0.708. The van der Waals surface area contributed by atoms with Crippen molar-refractivity contribution in [1.82, 2.24) is 5.32 Å². The summed E-state index contributed by atoms with van der Waals surface area (Å²) in [7, 11) is -1.40. The second kappa shape index (κ2) is 3.71. The van der Waals surface area contributed by atoms with E-state index in [1.165, 1.54) is 12.8 Å². The van der Waals surface area contributed by atoms with Gasteiger partial charge in [0.25, 0.3) is 0 Å². The Kier molecular flexibility index (Phi) is 3.20. The van der Waals surface area contributed by atoms with Crippen LogP contribution in [0.5, 0.6) is 0 Å². The Morgan fingerprint density at radius 2 is 1.92 bits per heavy atom. The Morgan fingerprint density at radius 1 is 1.31 bits per heavy atom. The molecule has 0 amide bonds. The second-order valence-electron chi connectivity index (χ2n) is 5.47. The molecule has 3 heteroatoms. The first-order valence-corrected chi connectivity index (χ1v) is 8.66. The first-order valence-electron chi connectivity index (χ1n) is 5.25. The average Bonchev–Trinajstić information content (AvgIpc) is 2.29. The van der Waals surface area contributed by atoms with Gasteiger partial charge in [-0.1, -0.05) is 0 Å². The van der Waals surface area contributed by atoms with Crippen molar-refractivity contribution < 1.29 is 4.43 Å². The van der Waals surface area contributed by atoms with Crippen LogP contribution in [0.1, 0.15) is 26.7 Å². The largest absolute Gasteiger partial charge is 0.411 e. The van der Waals surface area contributed by atoms with Crippen molar-refractivity contribution in [3.8, 4) is 0 Å². The summed E-state index contributed by atoms with van der Waals surface area (Å²) in [6.07, 6.45) is 2.56. The Labute approximate surface area is 83.2 Å². The molecule has 1 aliphatic rings. The Bertz CT molecular complexity index is 168. The van der Waals surface area contributed by atoms with E-state index in [4.69, 9.17) is 4.43 Å². The second-order valence-corrected chi connectivity index (χ2v) is 9.90. The molecule has 78 valence electrons. The Balaban J connectivity index is 2.53. The van der Waals surface area contributed by atoms with E-state index in [2.05, 4.69) is 38.8 Å². The molecule has 0 aromatic carbocycles. The number of hydrogen-bond donors (Lipinski definition) is 1. The molecule has 0 aromatic heterocycles. The molecular weight excluding hydrogens is 178 g/mol. The van der Waals surface area contributed by atoms with E-state index in [0.717, 1.165) is 6.54 Å². The summed E-state index contributed by atoms with van der Waals surface area (Å²) in [6.45, 7) is 12.3. The van der Waals surface area contributed by atoms with Crippen molar-refractivity contribution >= 4 is 8.32 Å². The van der Waals surface area contributed by atoms with Crippen molar-refractivity contribution in [1.29, 1.82) is 0 Å². The number of nitrogens with one attached hydrogen (secondary N) is 1. The number of hydrogen-bond acceptors (Lipinski definition) is 2. The monoisotopic (exact) mass is 201 g/mol. The lowest BCUT2D eigenvalue weighted by atomic mass is 9.98. The molecule has 1 aliphatic heterocycles. The SMILES string of the molecule is CC(C)(O[Si](C)(C)C)C1CCCN1. The van der Waals surface area contributed by atoms with Crippen LogP contribution in [0.3, 0.4) is 0 Å². The first kappa shape index (κ1) is 11.2. The Morgan fingerprint density at radius 3 is 2.31 bits per heavy atom. The van der Waals surface area contributed by atoms with Gasteiger partial charge in [0, 0.05) is 6.04 Å². The molecule has 1 unspecified atom stereocenters. The molecule has 1 rings (SSSR count). The van der Waals surface area contributed by atoms with E-state index in [1.54, 1.807) is 0 Å². The minimum absolute atomic E-state index is 0.0149. The molecule has 1 saturated heterocycles. The van der Waals surface area contributed by atoms with Gasteiger partial charge in [0.1, 0.15) is 0 Å². The van der Waals surface area contributed by atoms with Gasteiger partial charge in [0.2, 0.25) is 0 Å². The van der Waals surface area contributed by atoms with Gasteiger partial charge in [-0.2, -0.15) is 0 Å². The van der Waals surface area contributed by atoms with Gasteiger partial charge < -0.3 is 9.74 Å². The highest BCUT2D eigenvalue weighted by atomic mass is 28.4. The van der Waals surface area contributed by atoms with Crippen LogP contribution in [0, 0.1) is 0 Å². The molecular formula is C10H23NOSi. The summed E-state index contributed by atoms with van der Waals surface area (Å²) in [6, 6.07) is 0.555. The standard InChI is InChI=1S/C10H23NOSi/c1-10(2,12-13(3,4)5)9-7-6-8-11-9/h9,11H,6-8H2,1-5H3. The van der Waals surface area contributed by atoms with Crippen LogP contribution in [-0.4, -0.2) is 26.5 Å². The predicted molar refractivity (Wildman–Crippen MR) is 59.5 cm³/mol. The van der Waals surface area contributed by atoms with Crippen molar-refractivity contribution in [3.05, 3.63) is 0 Å². The molecule has 1 atom stereocenters. The van der Waals surface area contributed by atoms with Crippen LogP contribution < -0.4 is 5.32 Å². The van der Waals surface area contributed by atoms with Crippen molar-refractivity contribution in [3.63, 3.8) is 0 Å². The molecule has 0 aromatic rings. The van der Waals surface area contributed by atoms with Gasteiger partial charge in [-0.05, 0) is 52.9 Å². The summed E-state index contributed by atoms with van der Waals surface area (Å²) >= 11 is 0. The van der Waals surface area contributed by atoms with E-state index in [0.29, 0.717) is 6.04 Å². The van der Waals surface area contributed by atoms with Gasteiger partial charge in [-0.3, -0.25) is 0 Å². The third-order valence-corrected chi connectivity index (χ3v) is 3.61. The Hall–Kier alpha value is 0.137. The molecule has 0 aliphatic carbocycles. The average molecular weight is 201 g/mol. The smallest absolute Gasteiger partial charge is 0.184 e. The maximum atomic E-state index is 6.19. The summed E-state index contributed by atoms with van der Waals surface area (Å²) < 4.78 is 6.19. The highest BCUT2D eigenvalue weighted by Crippen LogP contribution is 2.25. The van der Waals surface area contributed by atoms with Crippen LogP contribution in [0.2, 0.25) is 19.6 Å². The van der Waals surface area contributed by atoms with E-state index >= 15 is 0 Å². The zero-order valence-electron chi connectivity index (χ0n) is 9.61. The molecule has 0 radical (unpaired) electrons. The lowest BCUT2D eigenvalue weighted by Crippen LogP contribution is -2.50. The van der Waals surface area contributed by atoms with Gasteiger partial charge in [0.15, 0.2) is 8.32 Å². The van der Waals surface area contributed by atoms with Crippen LogP contribution in [-0.2, 0) is 4.43 Å². The molecule has 1 fully saturated rings. The van der Waals surface area contributed by atoms with Crippen molar-refractivity contribution in [2.75, 3.05) is 6.54 Å². The topological polar surface area (TPSA) is 21.3 Å². The minimum atomic E-state index is -1.40. The first-order chi connectivity index (χ1) is 5.81. The fourth-order valence-corrected chi connectivity index (χ4v) is 3.86. The third kappa shape index (κ3) is 3.41. The summed E-state index contributed by atoms with van der Waals surface area (Å²) in [5.41, 5.74) is 0.0149. The van der Waals surface area contributed by atoms with Crippen LogP contribution >= 0.6 is 0 Å². The van der Waals surface area contributed by atoms with Crippen LogP contribution in [0.25, 0.3) is 0 Å². The van der Waals surface area contributed by atoms with E-state index < -0.39 is 8.32 Å². The summed E-state index contributed by atoms with van der Waals surface area (Å²) in [5, 5.41) is 3.52. The highest BCUT2D eigenvalue weighted by Gasteiger charge is 2.35. The highest BCUT2D eigenvalue weighted by molar-refractivity contribution is 6.69. The zero-order chi connectivity index (χ0) is 10.1. The zero-order valence-corrected chi connectivity index (χ0v) is 10.6. The van der Waals surface area contributed by atoms with E-state index in [1.807, 2.05) is 0 Å². The van der Waals surface area contributed by atoms with Crippen molar-refractivity contribution in [2.24, 2.45) is 0 Å². The summed E-state index contributed by atoms with van der Waals surface area (Å²) in [4.78, 5) is 0. The lowest BCUT2D eigenvalue weighted by Gasteiger charge is -2.37. The van der Waals surface area contributed by atoms with Gasteiger partial charge in [0.05, 0.1) is 5.60 Å². The molecule has 0 saturated carbocycles. The molecule has 2 nitrogen and oxygen atoms in total. The molecule has 1 N–H and O–H groups in total. The van der Waals surface area contributed by atoms with Gasteiger partial charge in [-0.25, -0.2) is 0 Å². The maximum absolute atomic E-state index is 6.19. The van der Waals surface area contributed by atoms with E-state index in [-0.39, 0.29) is 5.60 Å². The predicted octanol–water partition coefficient (Wildman–Crippen LogP) is 2.37. The van der Waals surface area contributed by atoms with Crippen LogP contribution in [0.4, 0.5) is 0 Å². The number of rotatable bonds is 3. The summed E-state index contributed by atoms with van der Waals surface area (Å²) in [5.74, 6) is 0. The fourth-order valence-electron chi connectivity index (χ4n) is 2.14. The molecule has 0 spiro atoms. The molecule has 1 heterocycles. The normalized spacial score (nSPS) is 25.2. The lowest BCUT2D eigenvalue weighted by molar-refractivity contribution is 0.0641.